The van der Waals surface area contributed by atoms with Gasteiger partial charge in [-0.1, -0.05) is 22.9 Å². The van der Waals surface area contributed by atoms with Gasteiger partial charge in [0.25, 0.3) is 0 Å². The van der Waals surface area contributed by atoms with Gasteiger partial charge in [0.2, 0.25) is 0 Å². The average Bonchev–Trinajstić information content (AvgIpc) is 3.56. The summed E-state index contributed by atoms with van der Waals surface area (Å²) in [5, 5.41) is 47.6. The van der Waals surface area contributed by atoms with E-state index in [9.17, 15) is 32.9 Å². The first kappa shape index (κ1) is 27.6. The third-order valence-corrected chi connectivity index (χ3v) is 7.15. The fourth-order valence-electron chi connectivity index (χ4n) is 4.41. The van der Waals surface area contributed by atoms with E-state index < -0.39 is 60.3 Å². The Morgan fingerprint density at radius 2 is 1.85 bits per heavy atom. The van der Waals surface area contributed by atoms with Crippen molar-refractivity contribution in [1.82, 2.24) is 29.8 Å². The minimum Gasteiger partial charge on any atom is -0.394 e. The summed E-state index contributed by atoms with van der Waals surface area (Å²) in [6, 6.07) is 5.89. The first-order valence-electron chi connectivity index (χ1n) is 11.3. The van der Waals surface area contributed by atoms with Crippen molar-refractivity contribution in [3.63, 3.8) is 0 Å². The smallest absolute Gasteiger partial charge is 0.394 e. The van der Waals surface area contributed by atoms with E-state index in [1.165, 1.54) is 18.3 Å². The van der Waals surface area contributed by atoms with Crippen LogP contribution < -0.4 is 0 Å². The van der Waals surface area contributed by atoms with E-state index in [2.05, 4.69) is 36.4 Å². The lowest BCUT2D eigenvalue weighted by Crippen LogP contribution is -2.53. The summed E-state index contributed by atoms with van der Waals surface area (Å²) in [4.78, 5) is 0. The van der Waals surface area contributed by atoms with Crippen LogP contribution in [0.4, 0.5) is 17.6 Å². The van der Waals surface area contributed by atoms with Crippen LogP contribution in [0.15, 0.2) is 53.4 Å². The summed E-state index contributed by atoms with van der Waals surface area (Å²) in [5.74, 6) is -0.798. The molecule has 5 atom stereocenters. The van der Waals surface area contributed by atoms with Crippen molar-refractivity contribution in [2.75, 3.05) is 6.61 Å². The Hall–Kier alpha value is -2.95. The van der Waals surface area contributed by atoms with E-state index >= 15 is 0 Å². The summed E-state index contributed by atoms with van der Waals surface area (Å²) in [6.45, 7) is -0.709. The monoisotopic (exact) mass is 632 g/mol. The predicted octanol–water partition coefficient (Wildman–Crippen LogP) is 3.49. The molecule has 0 saturated carbocycles. The van der Waals surface area contributed by atoms with Crippen molar-refractivity contribution in [1.29, 1.82) is 0 Å². The van der Waals surface area contributed by atoms with Crippen LogP contribution in [0.3, 0.4) is 0 Å². The second kappa shape index (κ2) is 10.6. The molecular formula is C23H18BrClF4N6O4. The molecule has 2 aromatic carbocycles. The molecule has 0 spiro atoms. The Bertz CT molecular complexity index is 1500. The molecule has 0 unspecified atom stereocenters. The maximum atomic E-state index is 14.0. The summed E-state index contributed by atoms with van der Waals surface area (Å²) < 4.78 is 63.4. The van der Waals surface area contributed by atoms with Gasteiger partial charge in [-0.05, 0) is 46.3 Å². The van der Waals surface area contributed by atoms with Crippen LogP contribution in [-0.4, -0.2) is 70.0 Å². The summed E-state index contributed by atoms with van der Waals surface area (Å²) in [5.41, 5.74) is -0.902. The molecule has 39 heavy (non-hydrogen) atoms. The third-order valence-electron chi connectivity index (χ3n) is 6.28. The lowest BCUT2D eigenvalue weighted by atomic mass is 9.92. The largest absolute Gasteiger partial charge is 0.418 e. The molecule has 1 aliphatic heterocycles. The number of aliphatic hydroxyl groups is 3. The van der Waals surface area contributed by atoms with E-state index in [1.807, 2.05) is 0 Å². The standard InChI is InChI=1S/C23H18BrClF4N6O4/c24-13-4-1-10(5-14(13)26)15-7-35(33-31-15)18-19(37)17(8-36)39-21(20(18)38)22-32-30-9-34(22)16-6-11(25)2-3-12(16)23(27,28)29/h1-7,9,17-21,36-38H,8H2/t17-,18+,19+,20-,21-/m1/s1. The van der Waals surface area contributed by atoms with Crippen LogP contribution in [0.5, 0.6) is 0 Å². The van der Waals surface area contributed by atoms with E-state index in [0.717, 1.165) is 33.8 Å². The van der Waals surface area contributed by atoms with Gasteiger partial charge in [0, 0.05) is 10.6 Å². The molecule has 206 valence electrons. The molecule has 1 aliphatic rings. The third kappa shape index (κ3) is 5.17. The average molecular weight is 634 g/mol. The molecule has 5 rings (SSSR count). The van der Waals surface area contributed by atoms with Crippen molar-refractivity contribution in [3.8, 4) is 16.9 Å². The van der Waals surface area contributed by atoms with Gasteiger partial charge >= 0.3 is 6.18 Å². The molecule has 4 aromatic rings. The quantitative estimate of drug-likeness (QED) is 0.285. The zero-order valence-electron chi connectivity index (χ0n) is 19.4. The Labute approximate surface area is 230 Å². The topological polar surface area (TPSA) is 131 Å². The van der Waals surface area contributed by atoms with E-state index in [0.29, 0.717) is 5.56 Å². The van der Waals surface area contributed by atoms with Crippen molar-refractivity contribution >= 4 is 27.5 Å². The van der Waals surface area contributed by atoms with Crippen molar-refractivity contribution < 1.29 is 37.6 Å². The zero-order chi connectivity index (χ0) is 28.1. The Morgan fingerprint density at radius 3 is 2.54 bits per heavy atom. The van der Waals surface area contributed by atoms with Gasteiger partial charge in [-0.3, -0.25) is 4.57 Å². The molecule has 1 saturated heterocycles. The van der Waals surface area contributed by atoms with Crippen LogP contribution in [0.2, 0.25) is 5.02 Å². The maximum Gasteiger partial charge on any atom is 0.418 e. The molecule has 0 aliphatic carbocycles. The van der Waals surface area contributed by atoms with E-state index in [-0.39, 0.29) is 21.0 Å². The number of rotatable bonds is 5. The van der Waals surface area contributed by atoms with Gasteiger partial charge < -0.3 is 20.1 Å². The van der Waals surface area contributed by atoms with Crippen molar-refractivity contribution in [2.24, 2.45) is 0 Å². The molecule has 1 fully saturated rings. The highest BCUT2D eigenvalue weighted by Crippen LogP contribution is 2.40. The van der Waals surface area contributed by atoms with Crippen LogP contribution in [0.25, 0.3) is 16.9 Å². The maximum absolute atomic E-state index is 14.0. The molecule has 3 N–H and O–H groups in total. The molecule has 3 heterocycles. The van der Waals surface area contributed by atoms with Crippen molar-refractivity contribution in [3.05, 3.63) is 75.6 Å². The Balaban J connectivity index is 1.55. The van der Waals surface area contributed by atoms with Crippen LogP contribution in [0, 0.1) is 5.82 Å². The lowest BCUT2D eigenvalue weighted by Gasteiger charge is -2.41. The number of ether oxygens (including phenoxy) is 1. The number of hydrogen-bond acceptors (Lipinski definition) is 8. The number of hydrogen-bond donors (Lipinski definition) is 3. The Morgan fingerprint density at radius 1 is 1.08 bits per heavy atom. The molecule has 0 amide bonds. The first-order valence-corrected chi connectivity index (χ1v) is 12.4. The van der Waals surface area contributed by atoms with Gasteiger partial charge in [-0.2, -0.15) is 13.2 Å². The van der Waals surface area contributed by atoms with Gasteiger partial charge in [0.05, 0.1) is 28.5 Å². The second-order valence-corrected chi connectivity index (χ2v) is 9.97. The number of benzene rings is 2. The molecule has 0 radical (unpaired) electrons. The minimum absolute atomic E-state index is 0.00353. The van der Waals surface area contributed by atoms with Crippen LogP contribution in [0.1, 0.15) is 23.5 Å². The van der Waals surface area contributed by atoms with E-state index in [4.69, 9.17) is 16.3 Å². The normalized spacial score (nSPS) is 23.8. The highest BCUT2D eigenvalue weighted by Gasteiger charge is 2.48. The second-order valence-electron chi connectivity index (χ2n) is 8.68. The number of halogens is 6. The molecule has 0 bridgehead atoms. The SMILES string of the molecule is OC[C@H]1O[C@@H](c2nncn2-c2cc(Cl)ccc2C(F)(F)F)[C@H](O)[C@@H](n2cc(-c3ccc(Br)c(F)c3)nn2)[C@H]1O. The number of aromatic nitrogens is 6. The number of nitrogens with zero attached hydrogens (tertiary/aromatic N) is 6. The van der Waals surface area contributed by atoms with Crippen LogP contribution in [-0.2, 0) is 10.9 Å². The number of aliphatic hydroxyl groups excluding tert-OH is 3. The zero-order valence-corrected chi connectivity index (χ0v) is 21.8. The Kier molecular flexibility index (Phi) is 7.47. The fraction of sp³-hybridized carbons (Fsp3) is 0.304. The highest BCUT2D eigenvalue weighted by molar-refractivity contribution is 9.10. The number of alkyl halides is 3. The predicted molar refractivity (Wildman–Crippen MR) is 130 cm³/mol. The van der Waals surface area contributed by atoms with Gasteiger partial charge in [-0.25, -0.2) is 9.07 Å². The van der Waals surface area contributed by atoms with E-state index in [1.54, 1.807) is 6.07 Å². The molecule has 10 nitrogen and oxygen atoms in total. The first-order chi connectivity index (χ1) is 18.5. The van der Waals surface area contributed by atoms with Gasteiger partial charge in [-0.15, -0.1) is 15.3 Å². The van der Waals surface area contributed by atoms with Gasteiger partial charge in [0.15, 0.2) is 5.82 Å². The summed E-state index contributed by atoms with van der Waals surface area (Å²) in [7, 11) is 0. The molecule has 16 heteroatoms. The molecule has 2 aromatic heterocycles. The van der Waals surface area contributed by atoms with Gasteiger partial charge in [0.1, 0.15) is 48.3 Å². The molecular weight excluding hydrogens is 616 g/mol. The van der Waals surface area contributed by atoms with Crippen molar-refractivity contribution in [2.45, 2.75) is 36.6 Å². The fourth-order valence-corrected chi connectivity index (χ4v) is 4.82. The van der Waals surface area contributed by atoms with Crippen LogP contribution >= 0.6 is 27.5 Å². The summed E-state index contributed by atoms with van der Waals surface area (Å²) in [6.07, 6.45) is -8.37. The minimum atomic E-state index is -4.76. The lowest BCUT2D eigenvalue weighted by molar-refractivity contribution is -0.210. The summed E-state index contributed by atoms with van der Waals surface area (Å²) >= 11 is 9.04. The highest BCUT2D eigenvalue weighted by atomic mass is 79.9.